The number of carbonyl (C=O) groups is 1. The van der Waals surface area contributed by atoms with Gasteiger partial charge in [-0.1, -0.05) is 30.6 Å². The van der Waals surface area contributed by atoms with Crippen molar-refractivity contribution >= 4 is 42.6 Å². The Kier molecular flexibility index (Phi) is 7.78. The van der Waals surface area contributed by atoms with Crippen molar-refractivity contribution in [1.29, 1.82) is 0 Å². The highest BCUT2D eigenvalue weighted by Crippen LogP contribution is 2.32. The van der Waals surface area contributed by atoms with Gasteiger partial charge in [-0.15, -0.1) is 0 Å². The molecular weight excluding hydrogens is 522 g/mol. The number of fused-ring (bicyclic) bond motifs is 1. The van der Waals surface area contributed by atoms with Gasteiger partial charge in [-0.3, -0.25) is 14.4 Å². The van der Waals surface area contributed by atoms with Crippen LogP contribution in [0.25, 0.3) is 10.2 Å². The molecule has 1 amide bonds. The molecule has 9 nitrogen and oxygen atoms in total. The maximum atomic E-state index is 13.7. The number of methoxy groups -OCH3 is 1. The molecule has 2 aromatic carbocycles. The highest BCUT2D eigenvalue weighted by atomic mass is 32.2. The molecule has 2 heterocycles. The fourth-order valence-electron chi connectivity index (χ4n) is 4.79. The topological polar surface area (TPSA) is 97.6 Å². The minimum Gasteiger partial charge on any atom is -0.497 e. The fourth-order valence-corrected chi connectivity index (χ4v) is 7.22. The molecule has 11 heteroatoms. The second-order valence-corrected chi connectivity index (χ2v) is 12.4. The molecule has 0 atom stereocenters. The molecule has 1 saturated carbocycles. The van der Waals surface area contributed by atoms with Gasteiger partial charge in [0.15, 0.2) is 5.13 Å². The highest BCUT2D eigenvalue weighted by molar-refractivity contribution is 7.89. The second-order valence-electron chi connectivity index (χ2n) is 9.39. The van der Waals surface area contributed by atoms with Crippen molar-refractivity contribution in [3.63, 3.8) is 0 Å². The van der Waals surface area contributed by atoms with E-state index in [-0.39, 0.29) is 16.8 Å². The molecule has 0 radical (unpaired) electrons. The zero-order valence-corrected chi connectivity index (χ0v) is 23.1. The molecule has 0 N–H and O–H groups in total. The predicted molar refractivity (Wildman–Crippen MR) is 148 cm³/mol. The summed E-state index contributed by atoms with van der Waals surface area (Å²) in [6, 6.07) is 13.7. The number of hydrogen-bond acceptors (Lipinski definition) is 7. The average Bonchev–Trinajstić information content (AvgIpc) is 3.62. The van der Waals surface area contributed by atoms with Gasteiger partial charge in [0.25, 0.3) is 5.91 Å². The number of thiazole rings is 1. The van der Waals surface area contributed by atoms with Gasteiger partial charge >= 0.3 is 0 Å². The third-order valence-electron chi connectivity index (χ3n) is 7.04. The van der Waals surface area contributed by atoms with E-state index in [2.05, 4.69) is 5.10 Å². The zero-order chi connectivity index (χ0) is 26.7. The second kappa shape index (κ2) is 11.2. The summed E-state index contributed by atoms with van der Waals surface area (Å²) in [6.45, 7) is 0.832. The third-order valence-corrected chi connectivity index (χ3v) is 10.0. The van der Waals surface area contributed by atoms with Crippen LogP contribution in [0.3, 0.4) is 0 Å². The van der Waals surface area contributed by atoms with Crippen LogP contribution in [0.4, 0.5) is 5.13 Å². The number of nitrogens with zero attached hydrogens (tertiary/aromatic N) is 5. The number of aromatic nitrogens is 3. The van der Waals surface area contributed by atoms with Crippen molar-refractivity contribution in [2.75, 3.05) is 25.6 Å². The number of rotatable bonds is 9. The van der Waals surface area contributed by atoms with Crippen LogP contribution in [0.2, 0.25) is 0 Å². The van der Waals surface area contributed by atoms with Gasteiger partial charge in [0.1, 0.15) is 5.75 Å². The Morgan fingerprint density at radius 2 is 1.89 bits per heavy atom. The predicted octanol–water partition coefficient (Wildman–Crippen LogP) is 4.80. The molecule has 5 rings (SSSR count). The number of hydrogen-bond donors (Lipinski definition) is 0. The Balaban J connectivity index is 1.41. The molecule has 2 aromatic heterocycles. The Morgan fingerprint density at radius 1 is 1.13 bits per heavy atom. The fraction of sp³-hybridized carbons (Fsp3) is 0.370. The van der Waals surface area contributed by atoms with Crippen molar-refractivity contribution < 1.29 is 17.9 Å². The summed E-state index contributed by atoms with van der Waals surface area (Å²) in [5, 5.41) is 4.80. The molecule has 0 unspecified atom stereocenters. The number of benzene rings is 2. The van der Waals surface area contributed by atoms with E-state index in [9.17, 15) is 13.2 Å². The smallest absolute Gasteiger partial charge is 0.260 e. The standard InChI is InChI=1S/C27H31N5O4S2/c1-30(21-7-4-3-5-8-21)38(34,35)23-12-9-20(10-13-23)26(33)32(18-17-31-16-6-15-28-31)27-29-24-14-11-22(36-2)19-25(24)37-27/h6,9-16,19,21H,3-5,7-8,17-18H2,1-2H3. The van der Waals surface area contributed by atoms with Crippen LogP contribution in [-0.4, -0.2) is 60.1 Å². The van der Waals surface area contributed by atoms with Gasteiger partial charge in [0.2, 0.25) is 10.0 Å². The molecule has 1 aliphatic carbocycles. The Labute approximate surface area is 226 Å². The normalized spacial score (nSPS) is 14.7. The van der Waals surface area contributed by atoms with Gasteiger partial charge in [0, 0.05) is 37.6 Å². The van der Waals surface area contributed by atoms with Crippen LogP contribution in [0.5, 0.6) is 5.75 Å². The summed E-state index contributed by atoms with van der Waals surface area (Å²) in [6.07, 6.45) is 8.54. The van der Waals surface area contributed by atoms with Crippen molar-refractivity contribution in [2.45, 2.75) is 49.6 Å². The quantitative estimate of drug-likeness (QED) is 0.295. The van der Waals surface area contributed by atoms with Gasteiger partial charge < -0.3 is 4.74 Å². The van der Waals surface area contributed by atoms with Gasteiger partial charge in [-0.2, -0.15) is 9.40 Å². The summed E-state index contributed by atoms with van der Waals surface area (Å²) in [5.74, 6) is 0.463. The Hall–Kier alpha value is -3.28. The van der Waals surface area contributed by atoms with Crippen molar-refractivity contribution in [2.24, 2.45) is 0 Å². The monoisotopic (exact) mass is 553 g/mol. The highest BCUT2D eigenvalue weighted by Gasteiger charge is 2.29. The van der Waals surface area contributed by atoms with E-state index < -0.39 is 10.0 Å². The maximum absolute atomic E-state index is 13.7. The van der Waals surface area contributed by atoms with Gasteiger partial charge in [0.05, 0.1) is 28.8 Å². The molecule has 200 valence electrons. The zero-order valence-electron chi connectivity index (χ0n) is 21.5. The largest absolute Gasteiger partial charge is 0.497 e. The number of ether oxygens (including phenoxy) is 1. The summed E-state index contributed by atoms with van der Waals surface area (Å²) in [5.41, 5.74) is 1.16. The van der Waals surface area contributed by atoms with Gasteiger partial charge in [-0.25, -0.2) is 13.4 Å². The van der Waals surface area contributed by atoms with Crippen LogP contribution in [0, 0.1) is 0 Å². The molecular formula is C27H31N5O4S2. The van der Waals surface area contributed by atoms with E-state index in [1.54, 1.807) is 42.1 Å². The first kappa shape index (κ1) is 26.3. The molecule has 38 heavy (non-hydrogen) atoms. The lowest BCUT2D eigenvalue weighted by molar-refractivity contribution is 0.0985. The first-order valence-electron chi connectivity index (χ1n) is 12.7. The minimum atomic E-state index is -3.64. The molecule has 1 fully saturated rings. The number of sulfonamides is 1. The molecule has 0 spiro atoms. The third kappa shape index (κ3) is 5.45. The van der Waals surface area contributed by atoms with Crippen molar-refractivity contribution in [3.05, 3.63) is 66.5 Å². The number of amides is 1. The SMILES string of the molecule is COc1ccc2nc(N(CCn3cccn3)C(=O)c3ccc(S(=O)(=O)N(C)C4CCCCC4)cc3)sc2c1. The lowest BCUT2D eigenvalue weighted by atomic mass is 9.96. The first-order valence-corrected chi connectivity index (χ1v) is 14.9. The minimum absolute atomic E-state index is 0.0190. The van der Waals surface area contributed by atoms with E-state index in [0.29, 0.717) is 23.8 Å². The first-order chi connectivity index (χ1) is 18.4. The van der Waals surface area contributed by atoms with Crippen LogP contribution < -0.4 is 9.64 Å². The van der Waals surface area contributed by atoms with E-state index >= 15 is 0 Å². The van der Waals surface area contributed by atoms with E-state index in [1.807, 2.05) is 30.5 Å². The number of carbonyl (C=O) groups excluding carboxylic acids is 1. The van der Waals surface area contributed by atoms with Crippen molar-refractivity contribution in [3.8, 4) is 5.75 Å². The van der Waals surface area contributed by atoms with E-state index in [0.717, 1.165) is 48.1 Å². The van der Waals surface area contributed by atoms with Crippen molar-refractivity contribution in [1.82, 2.24) is 19.1 Å². The lowest BCUT2D eigenvalue weighted by Gasteiger charge is -2.30. The molecule has 0 saturated heterocycles. The van der Waals surface area contributed by atoms with Crippen LogP contribution >= 0.6 is 11.3 Å². The Bertz CT molecular complexity index is 1490. The van der Waals surface area contributed by atoms with E-state index in [4.69, 9.17) is 9.72 Å². The summed E-state index contributed by atoms with van der Waals surface area (Å²) >= 11 is 1.40. The molecule has 0 aliphatic heterocycles. The number of anilines is 1. The Morgan fingerprint density at radius 3 is 2.58 bits per heavy atom. The molecule has 0 bridgehead atoms. The lowest BCUT2D eigenvalue weighted by Crippen LogP contribution is -2.38. The van der Waals surface area contributed by atoms with Crippen LogP contribution in [0.1, 0.15) is 42.5 Å². The summed E-state index contributed by atoms with van der Waals surface area (Å²) in [7, 11) is -0.375. The van der Waals surface area contributed by atoms with Crippen LogP contribution in [0.15, 0.2) is 65.8 Å². The van der Waals surface area contributed by atoms with Gasteiger partial charge in [-0.05, 0) is 61.4 Å². The van der Waals surface area contributed by atoms with E-state index in [1.165, 1.54) is 27.8 Å². The maximum Gasteiger partial charge on any atom is 0.260 e. The summed E-state index contributed by atoms with van der Waals surface area (Å²) in [4.78, 5) is 20.2. The average molecular weight is 554 g/mol. The summed E-state index contributed by atoms with van der Waals surface area (Å²) < 4.78 is 36.0. The van der Waals surface area contributed by atoms with Crippen LogP contribution in [-0.2, 0) is 16.6 Å². The molecule has 1 aliphatic rings. The molecule has 4 aromatic rings.